The van der Waals surface area contributed by atoms with E-state index >= 15 is 0 Å². The number of ether oxygens (including phenoxy) is 3. The molecule has 0 fully saturated rings. The molecule has 0 heterocycles. The van der Waals surface area contributed by atoms with E-state index in [0.717, 1.165) is 6.61 Å². The third-order valence-electron chi connectivity index (χ3n) is 1.84. The Morgan fingerprint density at radius 2 is 2.00 bits per heavy atom. The molecule has 0 saturated carbocycles. The molecule has 0 radical (unpaired) electrons. The summed E-state index contributed by atoms with van der Waals surface area (Å²) < 4.78 is 15.1. The van der Waals surface area contributed by atoms with Crippen LogP contribution in [0.4, 0.5) is 0 Å². The zero-order chi connectivity index (χ0) is 12.2. The number of rotatable bonds is 10. The third-order valence-corrected chi connectivity index (χ3v) is 1.84. The molecular formula is C11H23NO4. The lowest BCUT2D eigenvalue weighted by molar-refractivity contribution is -0.148. The van der Waals surface area contributed by atoms with Crippen LogP contribution in [0.1, 0.15) is 20.8 Å². The minimum absolute atomic E-state index is 0.0232. The molecule has 0 aliphatic carbocycles. The summed E-state index contributed by atoms with van der Waals surface area (Å²) in [6.45, 7) is 8.81. The monoisotopic (exact) mass is 233 g/mol. The molecule has 0 amide bonds. The SMILES string of the molecule is CCOCC(C)NCCOCC(=O)OCC. The fourth-order valence-corrected chi connectivity index (χ4v) is 1.09. The minimum Gasteiger partial charge on any atom is -0.464 e. The molecule has 1 N–H and O–H groups in total. The Morgan fingerprint density at radius 1 is 1.25 bits per heavy atom. The minimum atomic E-state index is -0.315. The van der Waals surface area contributed by atoms with E-state index < -0.39 is 0 Å². The second kappa shape index (κ2) is 10.9. The van der Waals surface area contributed by atoms with Crippen LogP contribution in [-0.4, -0.2) is 51.6 Å². The molecule has 1 atom stereocenters. The number of carbonyl (C=O) groups is 1. The highest BCUT2D eigenvalue weighted by Crippen LogP contribution is 1.85. The van der Waals surface area contributed by atoms with Gasteiger partial charge in [-0.15, -0.1) is 0 Å². The van der Waals surface area contributed by atoms with E-state index in [-0.39, 0.29) is 12.6 Å². The maximum absolute atomic E-state index is 10.9. The van der Waals surface area contributed by atoms with Crippen molar-refractivity contribution in [2.45, 2.75) is 26.8 Å². The first-order chi connectivity index (χ1) is 7.70. The number of hydrogen-bond acceptors (Lipinski definition) is 5. The van der Waals surface area contributed by atoms with Crippen molar-refractivity contribution in [1.82, 2.24) is 5.32 Å². The van der Waals surface area contributed by atoms with Crippen molar-refractivity contribution < 1.29 is 19.0 Å². The van der Waals surface area contributed by atoms with Crippen molar-refractivity contribution in [2.24, 2.45) is 0 Å². The Morgan fingerprint density at radius 3 is 2.62 bits per heavy atom. The highest BCUT2D eigenvalue weighted by atomic mass is 16.6. The lowest BCUT2D eigenvalue weighted by Crippen LogP contribution is -2.33. The Kier molecular flexibility index (Phi) is 10.4. The van der Waals surface area contributed by atoms with Gasteiger partial charge in [-0.2, -0.15) is 0 Å². The van der Waals surface area contributed by atoms with Crippen LogP contribution < -0.4 is 5.32 Å². The van der Waals surface area contributed by atoms with Crippen LogP contribution in [0.25, 0.3) is 0 Å². The second-order valence-corrected chi connectivity index (χ2v) is 3.37. The van der Waals surface area contributed by atoms with Crippen molar-refractivity contribution in [3.8, 4) is 0 Å². The van der Waals surface area contributed by atoms with Crippen molar-refractivity contribution in [3.63, 3.8) is 0 Å². The molecule has 0 aliphatic heterocycles. The lowest BCUT2D eigenvalue weighted by atomic mass is 10.3. The van der Waals surface area contributed by atoms with E-state index in [9.17, 15) is 4.79 Å². The lowest BCUT2D eigenvalue weighted by Gasteiger charge is -2.13. The van der Waals surface area contributed by atoms with Crippen molar-refractivity contribution in [3.05, 3.63) is 0 Å². The average molecular weight is 233 g/mol. The molecule has 0 aliphatic rings. The molecule has 96 valence electrons. The third kappa shape index (κ3) is 9.89. The summed E-state index contributed by atoms with van der Waals surface area (Å²) in [7, 11) is 0. The van der Waals surface area contributed by atoms with Crippen LogP contribution in [0.3, 0.4) is 0 Å². The summed E-state index contributed by atoms with van der Waals surface area (Å²) in [4.78, 5) is 10.9. The second-order valence-electron chi connectivity index (χ2n) is 3.37. The molecule has 0 aromatic carbocycles. The van der Waals surface area contributed by atoms with Crippen LogP contribution in [0.5, 0.6) is 0 Å². The molecule has 0 aromatic heterocycles. The smallest absolute Gasteiger partial charge is 0.332 e. The number of nitrogens with one attached hydrogen (secondary N) is 1. The van der Waals surface area contributed by atoms with Gasteiger partial charge in [0.15, 0.2) is 0 Å². The molecule has 0 spiro atoms. The normalized spacial score (nSPS) is 12.4. The number of hydrogen-bond donors (Lipinski definition) is 1. The molecule has 0 rings (SSSR count). The van der Waals surface area contributed by atoms with Crippen LogP contribution in [-0.2, 0) is 19.0 Å². The fourth-order valence-electron chi connectivity index (χ4n) is 1.09. The predicted molar refractivity (Wildman–Crippen MR) is 61.4 cm³/mol. The molecule has 5 heteroatoms. The summed E-state index contributed by atoms with van der Waals surface area (Å²) in [5, 5.41) is 3.22. The van der Waals surface area contributed by atoms with E-state index in [1.54, 1.807) is 6.92 Å². The Hall–Kier alpha value is -0.650. The van der Waals surface area contributed by atoms with Gasteiger partial charge in [0.2, 0.25) is 0 Å². The number of carbonyl (C=O) groups excluding carboxylic acids is 1. The summed E-state index contributed by atoms with van der Waals surface area (Å²) >= 11 is 0. The van der Waals surface area contributed by atoms with E-state index in [2.05, 4.69) is 5.32 Å². The largest absolute Gasteiger partial charge is 0.464 e. The molecule has 0 aromatic rings. The first-order valence-corrected chi connectivity index (χ1v) is 5.75. The van der Waals surface area contributed by atoms with Crippen LogP contribution in [0, 0.1) is 0 Å². The zero-order valence-electron chi connectivity index (χ0n) is 10.5. The van der Waals surface area contributed by atoms with Gasteiger partial charge in [-0.3, -0.25) is 0 Å². The van der Waals surface area contributed by atoms with Crippen LogP contribution >= 0.6 is 0 Å². The van der Waals surface area contributed by atoms with Gasteiger partial charge in [0, 0.05) is 19.2 Å². The summed E-state index contributed by atoms with van der Waals surface area (Å²) in [5.41, 5.74) is 0. The van der Waals surface area contributed by atoms with Crippen molar-refractivity contribution in [1.29, 1.82) is 0 Å². The quantitative estimate of drug-likeness (QED) is 0.442. The van der Waals surface area contributed by atoms with Crippen LogP contribution in [0.2, 0.25) is 0 Å². The summed E-state index contributed by atoms with van der Waals surface area (Å²) in [6.07, 6.45) is 0. The summed E-state index contributed by atoms with van der Waals surface area (Å²) in [6, 6.07) is 0.297. The standard InChI is InChI=1S/C11H23NO4/c1-4-14-8-10(3)12-6-7-15-9-11(13)16-5-2/h10,12H,4-9H2,1-3H3. The Labute approximate surface area is 97.4 Å². The van der Waals surface area contributed by atoms with E-state index in [1.165, 1.54) is 0 Å². The fraction of sp³-hybridized carbons (Fsp3) is 0.909. The molecular weight excluding hydrogens is 210 g/mol. The molecule has 0 saturated heterocycles. The van der Waals surface area contributed by atoms with E-state index in [1.807, 2.05) is 13.8 Å². The van der Waals surface area contributed by atoms with E-state index in [0.29, 0.717) is 32.4 Å². The van der Waals surface area contributed by atoms with Gasteiger partial charge in [-0.25, -0.2) is 4.79 Å². The molecule has 16 heavy (non-hydrogen) atoms. The molecule has 5 nitrogen and oxygen atoms in total. The van der Waals surface area contributed by atoms with Gasteiger partial charge in [0.25, 0.3) is 0 Å². The maximum Gasteiger partial charge on any atom is 0.332 e. The Bertz CT molecular complexity index is 175. The van der Waals surface area contributed by atoms with Crippen molar-refractivity contribution >= 4 is 5.97 Å². The van der Waals surface area contributed by atoms with Gasteiger partial charge in [0.1, 0.15) is 6.61 Å². The maximum atomic E-state index is 10.9. The van der Waals surface area contributed by atoms with Gasteiger partial charge in [-0.1, -0.05) is 0 Å². The zero-order valence-corrected chi connectivity index (χ0v) is 10.5. The number of esters is 1. The predicted octanol–water partition coefficient (Wildman–Crippen LogP) is 0.581. The molecule has 1 unspecified atom stereocenters. The summed E-state index contributed by atoms with van der Waals surface area (Å²) in [5.74, 6) is -0.315. The van der Waals surface area contributed by atoms with E-state index in [4.69, 9.17) is 14.2 Å². The molecule has 0 bridgehead atoms. The van der Waals surface area contributed by atoms with Gasteiger partial charge in [-0.05, 0) is 20.8 Å². The first-order valence-electron chi connectivity index (χ1n) is 5.75. The van der Waals surface area contributed by atoms with Gasteiger partial charge >= 0.3 is 5.97 Å². The first kappa shape index (κ1) is 15.3. The average Bonchev–Trinajstić information content (AvgIpc) is 2.26. The highest BCUT2D eigenvalue weighted by Gasteiger charge is 2.02. The Balaban J connectivity index is 3.23. The van der Waals surface area contributed by atoms with Crippen LogP contribution in [0.15, 0.2) is 0 Å². The topological polar surface area (TPSA) is 56.8 Å². The van der Waals surface area contributed by atoms with Crippen molar-refractivity contribution in [2.75, 3.05) is 39.6 Å². The van der Waals surface area contributed by atoms with Gasteiger partial charge < -0.3 is 19.5 Å². The van der Waals surface area contributed by atoms with Gasteiger partial charge in [0.05, 0.1) is 19.8 Å². The highest BCUT2D eigenvalue weighted by molar-refractivity contribution is 5.70.